The van der Waals surface area contributed by atoms with Crippen LogP contribution in [-0.2, 0) is 20.0 Å². The molecule has 0 aliphatic carbocycles. The van der Waals surface area contributed by atoms with E-state index in [9.17, 15) is 9.90 Å². The molecule has 8 rings (SSSR count). The summed E-state index contributed by atoms with van der Waals surface area (Å²) in [6.07, 6.45) is 8.32. The highest BCUT2D eigenvalue weighted by Crippen LogP contribution is 2.47. The van der Waals surface area contributed by atoms with E-state index in [2.05, 4.69) is 4.57 Å². The van der Waals surface area contributed by atoms with E-state index in [-0.39, 0.29) is 17.6 Å². The SMILES string of the molecule is Cc1cc(OCCCc2c3n(c4c(-c5c(C)nn(C)c5C)c(Cl)ccc24)[C@@H]2C/C(=C\C=C/C=N)Cn4c(C(=O)O)cc5cccc(c54)N(C2)C3=O)cc(C)c1Cl. The maximum Gasteiger partial charge on any atom is 0.352 e. The van der Waals surface area contributed by atoms with Crippen molar-refractivity contribution in [2.75, 3.05) is 18.1 Å². The molecular weight excluding hydrogens is 747 g/mol. The minimum absolute atomic E-state index is 0.146. The number of allylic oxidation sites excluding steroid dienone is 4. The monoisotopic (exact) mass is 788 g/mol. The number of aromatic nitrogens is 4. The first-order chi connectivity index (χ1) is 26.9. The molecule has 0 fully saturated rings. The molecule has 2 aliphatic rings. The fourth-order valence-electron chi connectivity index (χ4n) is 8.77. The van der Waals surface area contributed by atoms with Crippen molar-refractivity contribution < 1.29 is 19.4 Å². The smallest absolute Gasteiger partial charge is 0.352 e. The molecule has 10 nitrogen and oxygen atoms in total. The average Bonchev–Trinajstić information content (AvgIpc) is 3.79. The predicted octanol–water partition coefficient (Wildman–Crippen LogP) is 9.98. The van der Waals surface area contributed by atoms with Gasteiger partial charge in [-0.05, 0) is 106 Å². The van der Waals surface area contributed by atoms with Gasteiger partial charge < -0.3 is 29.3 Å². The van der Waals surface area contributed by atoms with E-state index in [1.54, 1.807) is 12.1 Å². The highest BCUT2D eigenvalue weighted by atomic mass is 35.5. The van der Waals surface area contributed by atoms with Crippen molar-refractivity contribution in [2.24, 2.45) is 7.05 Å². The Morgan fingerprint density at radius 2 is 1.80 bits per heavy atom. The van der Waals surface area contributed by atoms with E-state index in [0.29, 0.717) is 60.9 Å². The van der Waals surface area contributed by atoms with Crippen LogP contribution in [0.1, 0.15) is 67.9 Å². The van der Waals surface area contributed by atoms with Gasteiger partial charge in [-0.3, -0.25) is 9.48 Å². The van der Waals surface area contributed by atoms with Crippen LogP contribution in [0.3, 0.4) is 0 Å². The molecule has 3 aromatic carbocycles. The average molecular weight is 790 g/mol. The minimum atomic E-state index is -1.04. The third kappa shape index (κ3) is 6.12. The lowest BCUT2D eigenvalue weighted by molar-refractivity contribution is 0.0686. The summed E-state index contributed by atoms with van der Waals surface area (Å²) in [5.41, 5.74) is 10.3. The van der Waals surface area contributed by atoms with Gasteiger partial charge in [0.25, 0.3) is 5.91 Å². The number of carboxylic acid groups (broad SMARTS) is 1. The third-order valence-corrected chi connectivity index (χ3v) is 12.2. The normalized spacial score (nSPS) is 16.1. The minimum Gasteiger partial charge on any atom is -0.494 e. The molecule has 2 bridgehead atoms. The fraction of sp³-hybridized carbons (Fsp3) is 0.273. The third-order valence-electron chi connectivity index (χ3n) is 11.2. The zero-order chi connectivity index (χ0) is 39.6. The molecule has 0 spiro atoms. The molecule has 56 heavy (non-hydrogen) atoms. The van der Waals surface area contributed by atoms with Crippen molar-refractivity contribution in [1.29, 1.82) is 5.41 Å². The first-order valence-electron chi connectivity index (χ1n) is 18.7. The molecule has 0 saturated heterocycles. The van der Waals surface area contributed by atoms with Crippen LogP contribution in [0, 0.1) is 33.1 Å². The van der Waals surface area contributed by atoms with Crippen LogP contribution in [0.4, 0.5) is 5.69 Å². The molecule has 2 N–H and O–H groups in total. The summed E-state index contributed by atoms with van der Waals surface area (Å²) in [5, 5.41) is 25.7. The Labute approximate surface area is 334 Å². The van der Waals surface area contributed by atoms with Crippen LogP contribution in [0.2, 0.25) is 10.0 Å². The van der Waals surface area contributed by atoms with Gasteiger partial charge in [0.05, 0.1) is 40.1 Å². The predicted molar refractivity (Wildman–Crippen MR) is 224 cm³/mol. The Kier molecular flexibility index (Phi) is 9.66. The topological polar surface area (TPSA) is 118 Å². The van der Waals surface area contributed by atoms with Gasteiger partial charge >= 0.3 is 5.97 Å². The first-order valence-corrected chi connectivity index (χ1v) is 19.4. The number of aromatic carboxylic acids is 1. The number of nitrogens with zero attached hydrogens (tertiary/aromatic N) is 5. The number of hydrogen-bond donors (Lipinski definition) is 2. The lowest BCUT2D eigenvalue weighted by Crippen LogP contribution is -2.43. The molecule has 0 unspecified atom stereocenters. The number of carbonyl (C=O) groups is 2. The van der Waals surface area contributed by atoms with Crippen LogP contribution in [0.25, 0.3) is 32.9 Å². The summed E-state index contributed by atoms with van der Waals surface area (Å²) >= 11 is 13.6. The molecule has 0 saturated carbocycles. The van der Waals surface area contributed by atoms with Gasteiger partial charge in [0, 0.05) is 59.0 Å². The van der Waals surface area contributed by atoms with E-state index in [1.165, 1.54) is 6.21 Å². The maximum absolute atomic E-state index is 15.3. The molecule has 5 heterocycles. The summed E-state index contributed by atoms with van der Waals surface area (Å²) in [6, 6.07) is 15.0. The number of halogens is 2. The fourth-order valence-corrected chi connectivity index (χ4v) is 9.12. The zero-order valence-corrected chi connectivity index (χ0v) is 33.4. The van der Waals surface area contributed by atoms with Gasteiger partial charge in [0.1, 0.15) is 17.1 Å². The van der Waals surface area contributed by atoms with Crippen molar-refractivity contribution in [3.63, 3.8) is 0 Å². The van der Waals surface area contributed by atoms with Gasteiger partial charge in [0.2, 0.25) is 0 Å². The molecule has 1 amide bonds. The van der Waals surface area contributed by atoms with Crippen molar-refractivity contribution >= 4 is 68.8 Å². The molecular formula is C44H42Cl2N6O4. The number of benzene rings is 3. The Hall–Kier alpha value is -5.58. The number of para-hydroxylation sites is 1. The van der Waals surface area contributed by atoms with Gasteiger partial charge in [-0.2, -0.15) is 5.10 Å². The van der Waals surface area contributed by atoms with Crippen molar-refractivity contribution in [2.45, 2.75) is 59.5 Å². The Bertz CT molecular complexity index is 2670. The summed E-state index contributed by atoms with van der Waals surface area (Å²) in [7, 11) is 1.92. The number of rotatable bonds is 9. The maximum atomic E-state index is 15.3. The highest BCUT2D eigenvalue weighted by molar-refractivity contribution is 6.35. The van der Waals surface area contributed by atoms with E-state index in [1.807, 2.05) is 104 Å². The van der Waals surface area contributed by atoms with Gasteiger partial charge in [0.15, 0.2) is 0 Å². The van der Waals surface area contributed by atoms with Crippen molar-refractivity contribution in [3.8, 4) is 16.9 Å². The molecule has 1 atom stereocenters. The van der Waals surface area contributed by atoms with Crippen LogP contribution < -0.4 is 9.64 Å². The first kappa shape index (κ1) is 37.3. The number of amides is 1. The molecule has 12 heteroatoms. The molecule has 6 aromatic rings. The highest BCUT2D eigenvalue weighted by Gasteiger charge is 2.40. The quantitative estimate of drug-likeness (QED) is 0.112. The number of ether oxygens (including phenoxy) is 1. The van der Waals surface area contributed by atoms with Crippen molar-refractivity contribution in [1.82, 2.24) is 18.9 Å². The van der Waals surface area contributed by atoms with E-state index >= 15 is 4.79 Å². The van der Waals surface area contributed by atoms with Crippen molar-refractivity contribution in [3.05, 3.63) is 122 Å². The van der Waals surface area contributed by atoms with Crippen LogP contribution >= 0.6 is 23.2 Å². The largest absolute Gasteiger partial charge is 0.494 e. The zero-order valence-electron chi connectivity index (χ0n) is 31.9. The number of carbonyl (C=O) groups excluding carboxylic acids is 1. The Morgan fingerprint density at radius 3 is 2.50 bits per heavy atom. The van der Waals surface area contributed by atoms with Crippen LogP contribution in [0.5, 0.6) is 5.75 Å². The number of anilines is 1. The molecule has 286 valence electrons. The summed E-state index contributed by atoms with van der Waals surface area (Å²) in [4.78, 5) is 29.9. The second-order valence-electron chi connectivity index (χ2n) is 14.8. The van der Waals surface area contributed by atoms with E-state index in [4.69, 9.17) is 38.4 Å². The van der Waals surface area contributed by atoms with Gasteiger partial charge in [-0.15, -0.1) is 0 Å². The van der Waals surface area contributed by atoms with Gasteiger partial charge in [-0.1, -0.05) is 53.6 Å². The number of nitrogens with one attached hydrogen (secondary N) is 1. The standard InChI is InChI=1S/C44H42Cl2N6O4/c1-24-18-31(19-25(2)39(24)46)56-17-9-12-32-33-14-15-34(45)38(37-26(3)48-49(5)27(37)4)41(33)52-30-20-28(10-6-7-16-47)22-50-36(44(54)55)21-29-11-8-13-35(40(29)50)51(23-30)43(53)42(32)52/h6-8,10-11,13-16,18-19,21,30,47H,9,12,17,20,22-23H2,1-5H3,(H,54,55)/b7-6-,28-10+,47-16?/t30-/m1/s1. The summed E-state index contributed by atoms with van der Waals surface area (Å²) in [5.74, 6) is -0.455. The van der Waals surface area contributed by atoms with Crippen LogP contribution in [0.15, 0.2) is 72.3 Å². The molecule has 2 aliphatic heterocycles. The number of fused-ring (bicyclic) bond motifs is 7. The molecule has 0 radical (unpaired) electrons. The van der Waals surface area contributed by atoms with E-state index < -0.39 is 5.97 Å². The van der Waals surface area contributed by atoms with Crippen LogP contribution in [-0.4, -0.2) is 55.3 Å². The summed E-state index contributed by atoms with van der Waals surface area (Å²) in [6.45, 7) is 9.00. The lowest BCUT2D eigenvalue weighted by atomic mass is 9.98. The number of hydrogen-bond acceptors (Lipinski definition) is 5. The second kappa shape index (κ2) is 14.5. The Balaban J connectivity index is 1.36. The Morgan fingerprint density at radius 1 is 1.04 bits per heavy atom. The van der Waals surface area contributed by atoms with Gasteiger partial charge in [-0.25, -0.2) is 4.79 Å². The summed E-state index contributed by atoms with van der Waals surface area (Å²) < 4.78 is 12.1. The second-order valence-corrected chi connectivity index (χ2v) is 15.6. The lowest BCUT2D eigenvalue weighted by Gasteiger charge is -2.36. The number of carboxylic acids is 1. The van der Waals surface area contributed by atoms with E-state index in [0.717, 1.165) is 71.8 Å². The molecule has 3 aromatic heterocycles. The number of aryl methyl sites for hydroxylation is 5.